The topological polar surface area (TPSA) is 56.1 Å². The van der Waals surface area contributed by atoms with Crippen molar-refractivity contribution in [3.63, 3.8) is 0 Å². The highest BCUT2D eigenvalue weighted by molar-refractivity contribution is 5.80. The molecule has 1 unspecified atom stereocenters. The first-order valence-corrected chi connectivity index (χ1v) is 8.46. The second kappa shape index (κ2) is 7.99. The molecule has 0 aliphatic heterocycles. The first-order chi connectivity index (χ1) is 11.4. The summed E-state index contributed by atoms with van der Waals surface area (Å²) in [5, 5.41) is 7.45. The maximum atomic E-state index is 12.6. The third-order valence-electron chi connectivity index (χ3n) is 3.77. The second-order valence-corrected chi connectivity index (χ2v) is 6.33. The van der Waals surface area contributed by atoms with E-state index in [1.807, 2.05) is 69.6 Å². The fraction of sp³-hybridized carbons (Fsp3) is 0.474. The van der Waals surface area contributed by atoms with Crippen LogP contribution in [0.3, 0.4) is 0 Å². The predicted octanol–water partition coefficient (Wildman–Crippen LogP) is 3.55. The van der Waals surface area contributed by atoms with Crippen LogP contribution in [0.4, 0.5) is 0 Å². The maximum Gasteiger partial charge on any atom is 0.245 e. The highest BCUT2D eigenvalue weighted by Crippen LogP contribution is 2.17. The average Bonchev–Trinajstić information content (AvgIpc) is 2.84. The molecular formula is C19H27N3O2. The summed E-state index contributed by atoms with van der Waals surface area (Å²) in [5.74, 6) is 0.807. The molecule has 1 N–H and O–H groups in total. The van der Waals surface area contributed by atoms with Gasteiger partial charge in [0.15, 0.2) is 0 Å². The molecule has 0 saturated carbocycles. The van der Waals surface area contributed by atoms with Crippen molar-refractivity contribution in [1.82, 2.24) is 15.1 Å². The lowest BCUT2D eigenvalue weighted by Gasteiger charge is -2.17. The molecule has 0 radical (unpaired) electrons. The molecule has 1 aromatic carbocycles. The van der Waals surface area contributed by atoms with Gasteiger partial charge in [-0.25, -0.2) is 0 Å². The van der Waals surface area contributed by atoms with Gasteiger partial charge < -0.3 is 10.1 Å². The van der Waals surface area contributed by atoms with Gasteiger partial charge in [-0.2, -0.15) is 5.10 Å². The molecule has 0 bridgehead atoms. The number of nitrogens with one attached hydrogen (secondary N) is 1. The summed E-state index contributed by atoms with van der Waals surface area (Å²) in [6.07, 6.45) is 0.829. The zero-order valence-corrected chi connectivity index (χ0v) is 15.2. The second-order valence-electron chi connectivity index (χ2n) is 6.33. The summed E-state index contributed by atoms with van der Waals surface area (Å²) < 4.78 is 7.50. The monoisotopic (exact) mass is 329 g/mol. The van der Waals surface area contributed by atoms with E-state index in [9.17, 15) is 4.79 Å². The Balaban J connectivity index is 2.02. The third-order valence-corrected chi connectivity index (χ3v) is 3.77. The van der Waals surface area contributed by atoms with E-state index in [1.54, 1.807) is 0 Å². The normalized spacial score (nSPS) is 12.2. The first kappa shape index (κ1) is 18.0. The summed E-state index contributed by atoms with van der Waals surface area (Å²) in [6.45, 7) is 10.4. The molecule has 0 fully saturated rings. The van der Waals surface area contributed by atoms with Crippen LogP contribution in [0.5, 0.6) is 5.75 Å². The lowest BCUT2D eigenvalue weighted by molar-refractivity contribution is -0.124. The van der Waals surface area contributed by atoms with Gasteiger partial charge >= 0.3 is 0 Å². The average molecular weight is 329 g/mol. The highest BCUT2D eigenvalue weighted by atomic mass is 16.5. The van der Waals surface area contributed by atoms with Gasteiger partial charge in [0.25, 0.3) is 0 Å². The van der Waals surface area contributed by atoms with Crippen LogP contribution in [0.25, 0.3) is 0 Å². The number of aromatic nitrogens is 2. The molecule has 5 heteroatoms. The molecule has 2 aromatic rings. The van der Waals surface area contributed by atoms with Crippen molar-refractivity contribution >= 4 is 5.91 Å². The molecule has 1 aromatic heterocycles. The SMILES string of the molecule is CCC(C(=O)NCc1cccc(OC(C)C)c1)n1nc(C)cc1C. The first-order valence-electron chi connectivity index (χ1n) is 8.46. The van der Waals surface area contributed by atoms with Crippen molar-refractivity contribution in [2.75, 3.05) is 0 Å². The van der Waals surface area contributed by atoms with Crippen molar-refractivity contribution in [1.29, 1.82) is 0 Å². The Morgan fingerprint density at radius 2 is 2.04 bits per heavy atom. The minimum atomic E-state index is -0.284. The Morgan fingerprint density at radius 1 is 1.29 bits per heavy atom. The molecule has 1 amide bonds. The van der Waals surface area contributed by atoms with Gasteiger partial charge in [-0.15, -0.1) is 0 Å². The van der Waals surface area contributed by atoms with Crippen LogP contribution in [0.1, 0.15) is 50.2 Å². The van der Waals surface area contributed by atoms with Crippen molar-refractivity contribution in [2.24, 2.45) is 0 Å². The summed E-state index contributed by atoms with van der Waals surface area (Å²) >= 11 is 0. The molecule has 2 rings (SSSR count). The van der Waals surface area contributed by atoms with Gasteiger partial charge in [-0.05, 0) is 57.9 Å². The zero-order valence-electron chi connectivity index (χ0n) is 15.2. The van der Waals surface area contributed by atoms with Gasteiger partial charge in [0.05, 0.1) is 11.8 Å². The Morgan fingerprint density at radius 3 is 2.62 bits per heavy atom. The van der Waals surface area contributed by atoms with E-state index in [-0.39, 0.29) is 18.1 Å². The van der Waals surface area contributed by atoms with Gasteiger partial charge in [0.2, 0.25) is 5.91 Å². The molecule has 1 atom stereocenters. The van der Waals surface area contributed by atoms with Crippen molar-refractivity contribution in [3.05, 3.63) is 47.3 Å². The number of benzene rings is 1. The van der Waals surface area contributed by atoms with Crippen LogP contribution in [0, 0.1) is 13.8 Å². The lowest BCUT2D eigenvalue weighted by Crippen LogP contribution is -2.33. The number of amides is 1. The summed E-state index contributed by atoms with van der Waals surface area (Å²) in [5.41, 5.74) is 2.95. The minimum absolute atomic E-state index is 0.0149. The summed E-state index contributed by atoms with van der Waals surface area (Å²) in [7, 11) is 0. The Labute approximate surface area is 144 Å². The van der Waals surface area contributed by atoms with Gasteiger partial charge in [-0.3, -0.25) is 9.48 Å². The Bertz CT molecular complexity index is 692. The van der Waals surface area contributed by atoms with E-state index in [4.69, 9.17) is 4.74 Å². The van der Waals surface area contributed by atoms with E-state index in [2.05, 4.69) is 10.4 Å². The van der Waals surface area contributed by atoms with E-state index < -0.39 is 0 Å². The molecule has 5 nitrogen and oxygen atoms in total. The molecule has 130 valence electrons. The smallest absolute Gasteiger partial charge is 0.245 e. The van der Waals surface area contributed by atoms with Crippen LogP contribution < -0.4 is 10.1 Å². The lowest BCUT2D eigenvalue weighted by atomic mass is 10.1. The summed E-state index contributed by atoms with van der Waals surface area (Å²) in [6, 6.07) is 9.52. The fourth-order valence-electron chi connectivity index (χ4n) is 2.74. The third kappa shape index (κ3) is 4.60. The largest absolute Gasteiger partial charge is 0.491 e. The van der Waals surface area contributed by atoms with E-state index in [0.29, 0.717) is 13.0 Å². The van der Waals surface area contributed by atoms with Crippen LogP contribution in [-0.2, 0) is 11.3 Å². The predicted molar refractivity (Wildman–Crippen MR) is 95.1 cm³/mol. The molecule has 0 aliphatic rings. The number of hydrogen-bond acceptors (Lipinski definition) is 3. The number of hydrogen-bond donors (Lipinski definition) is 1. The van der Waals surface area contributed by atoms with E-state index in [0.717, 1.165) is 22.7 Å². The van der Waals surface area contributed by atoms with Crippen LogP contribution in [-0.4, -0.2) is 21.8 Å². The van der Waals surface area contributed by atoms with Crippen molar-refractivity contribution < 1.29 is 9.53 Å². The zero-order chi connectivity index (χ0) is 17.7. The number of aryl methyl sites for hydroxylation is 2. The van der Waals surface area contributed by atoms with E-state index >= 15 is 0 Å². The highest BCUT2D eigenvalue weighted by Gasteiger charge is 2.20. The molecule has 0 spiro atoms. The van der Waals surface area contributed by atoms with E-state index in [1.165, 1.54) is 0 Å². The Hall–Kier alpha value is -2.30. The van der Waals surface area contributed by atoms with Crippen LogP contribution in [0.2, 0.25) is 0 Å². The van der Waals surface area contributed by atoms with Crippen molar-refractivity contribution in [3.8, 4) is 5.75 Å². The van der Waals surface area contributed by atoms with Crippen LogP contribution >= 0.6 is 0 Å². The molecule has 0 saturated heterocycles. The molecule has 24 heavy (non-hydrogen) atoms. The van der Waals surface area contributed by atoms with Gasteiger partial charge in [0.1, 0.15) is 11.8 Å². The number of rotatable bonds is 7. The molecule has 1 heterocycles. The van der Waals surface area contributed by atoms with Gasteiger partial charge in [0, 0.05) is 12.2 Å². The Kier molecular flexibility index (Phi) is 6.01. The fourth-order valence-corrected chi connectivity index (χ4v) is 2.74. The maximum absolute atomic E-state index is 12.6. The minimum Gasteiger partial charge on any atom is -0.491 e. The number of carbonyl (C=O) groups is 1. The molecular weight excluding hydrogens is 302 g/mol. The van der Waals surface area contributed by atoms with Crippen molar-refractivity contribution in [2.45, 2.75) is 59.7 Å². The van der Waals surface area contributed by atoms with Gasteiger partial charge in [-0.1, -0.05) is 19.1 Å². The molecule has 0 aliphatic carbocycles. The summed E-state index contributed by atoms with van der Waals surface area (Å²) in [4.78, 5) is 12.6. The van der Waals surface area contributed by atoms with Crippen LogP contribution in [0.15, 0.2) is 30.3 Å². The number of carbonyl (C=O) groups excluding carboxylic acids is 1. The standard InChI is InChI=1S/C19H27N3O2/c1-6-18(22-15(5)10-14(4)21-22)19(23)20-12-16-8-7-9-17(11-16)24-13(2)3/h7-11,13,18H,6,12H2,1-5H3,(H,20,23). The number of ether oxygens (including phenoxy) is 1. The quantitative estimate of drug-likeness (QED) is 0.845. The number of nitrogens with zero attached hydrogens (tertiary/aromatic N) is 2.